The molecule has 0 aromatic heterocycles. The van der Waals surface area contributed by atoms with Gasteiger partial charge in [-0.1, -0.05) is 0 Å². The van der Waals surface area contributed by atoms with Crippen LogP contribution in [0.1, 0.15) is 25.7 Å². The molecule has 76 valence electrons. The summed E-state index contributed by atoms with van der Waals surface area (Å²) < 4.78 is 4.54. The van der Waals surface area contributed by atoms with Crippen LogP contribution < -0.4 is 11.1 Å². The molecule has 1 aliphatic rings. The number of hydrogen-bond donors (Lipinski definition) is 2. The standard InChI is InChI=1S/C9H18N2O2/c1-13-9(12)6-11-8-4-2-7(10)3-5-8/h7-8,11H,2-6,10H2,1H3/t7-,8-. The largest absolute Gasteiger partial charge is 0.468 e. The third kappa shape index (κ3) is 3.74. The first kappa shape index (κ1) is 10.5. The molecule has 0 heterocycles. The minimum atomic E-state index is -0.199. The topological polar surface area (TPSA) is 64.3 Å². The number of carbonyl (C=O) groups excluding carboxylic acids is 1. The molecule has 13 heavy (non-hydrogen) atoms. The second kappa shape index (κ2) is 5.19. The normalized spacial score (nSPS) is 28.5. The van der Waals surface area contributed by atoms with Crippen molar-refractivity contribution < 1.29 is 9.53 Å². The lowest BCUT2D eigenvalue weighted by Gasteiger charge is -2.26. The van der Waals surface area contributed by atoms with Gasteiger partial charge in [-0.3, -0.25) is 4.79 Å². The van der Waals surface area contributed by atoms with Gasteiger partial charge in [-0.15, -0.1) is 0 Å². The van der Waals surface area contributed by atoms with E-state index in [-0.39, 0.29) is 5.97 Å². The van der Waals surface area contributed by atoms with E-state index in [1.807, 2.05) is 0 Å². The fourth-order valence-corrected chi connectivity index (χ4v) is 1.62. The molecule has 0 radical (unpaired) electrons. The zero-order chi connectivity index (χ0) is 9.68. The first-order valence-electron chi connectivity index (χ1n) is 4.78. The number of nitrogens with two attached hydrogens (primary N) is 1. The summed E-state index contributed by atoms with van der Waals surface area (Å²) in [6.07, 6.45) is 4.24. The summed E-state index contributed by atoms with van der Waals surface area (Å²) in [5.74, 6) is -0.199. The molecule has 1 fully saturated rings. The lowest BCUT2D eigenvalue weighted by atomic mass is 9.92. The number of rotatable bonds is 3. The molecule has 1 rings (SSSR count). The van der Waals surface area contributed by atoms with Crippen molar-refractivity contribution in [1.82, 2.24) is 5.32 Å². The Bertz CT molecular complexity index is 165. The van der Waals surface area contributed by atoms with Gasteiger partial charge < -0.3 is 15.8 Å². The van der Waals surface area contributed by atoms with Crippen molar-refractivity contribution in [1.29, 1.82) is 0 Å². The molecule has 0 aliphatic heterocycles. The Hall–Kier alpha value is -0.610. The van der Waals surface area contributed by atoms with Gasteiger partial charge in [-0.2, -0.15) is 0 Å². The molecule has 4 nitrogen and oxygen atoms in total. The summed E-state index contributed by atoms with van der Waals surface area (Å²) in [7, 11) is 1.40. The molecule has 1 saturated carbocycles. The predicted octanol–water partition coefficient (Wildman–Crippen LogP) is 0.0189. The van der Waals surface area contributed by atoms with Crippen LogP contribution in [0.4, 0.5) is 0 Å². The van der Waals surface area contributed by atoms with Crippen LogP contribution in [0, 0.1) is 0 Å². The maximum atomic E-state index is 10.8. The number of ether oxygens (including phenoxy) is 1. The Morgan fingerprint density at radius 3 is 2.62 bits per heavy atom. The molecule has 1 aliphatic carbocycles. The molecular formula is C9H18N2O2. The Labute approximate surface area is 78.8 Å². The van der Waals surface area contributed by atoms with Gasteiger partial charge in [0.2, 0.25) is 0 Å². The van der Waals surface area contributed by atoms with Crippen LogP contribution in [0.2, 0.25) is 0 Å². The maximum absolute atomic E-state index is 10.8. The van der Waals surface area contributed by atoms with Crippen molar-refractivity contribution in [2.24, 2.45) is 5.73 Å². The molecular weight excluding hydrogens is 168 g/mol. The van der Waals surface area contributed by atoms with Crippen molar-refractivity contribution in [2.45, 2.75) is 37.8 Å². The fraction of sp³-hybridized carbons (Fsp3) is 0.889. The molecule has 0 spiro atoms. The van der Waals surface area contributed by atoms with E-state index in [0.717, 1.165) is 25.7 Å². The number of methoxy groups -OCH3 is 1. The summed E-state index contributed by atoms with van der Waals surface area (Å²) in [6.45, 7) is 0.316. The Morgan fingerprint density at radius 1 is 1.46 bits per heavy atom. The Kier molecular flexibility index (Phi) is 4.18. The minimum Gasteiger partial charge on any atom is -0.468 e. The Morgan fingerprint density at radius 2 is 2.08 bits per heavy atom. The van der Waals surface area contributed by atoms with Crippen molar-refractivity contribution in [3.05, 3.63) is 0 Å². The third-order valence-electron chi connectivity index (χ3n) is 2.53. The monoisotopic (exact) mass is 186 g/mol. The highest BCUT2D eigenvalue weighted by Gasteiger charge is 2.18. The van der Waals surface area contributed by atoms with Gasteiger partial charge in [0.15, 0.2) is 0 Å². The third-order valence-corrected chi connectivity index (χ3v) is 2.53. The highest BCUT2D eigenvalue weighted by atomic mass is 16.5. The predicted molar refractivity (Wildman–Crippen MR) is 50.3 cm³/mol. The van der Waals surface area contributed by atoms with Crippen LogP contribution in [0.25, 0.3) is 0 Å². The van der Waals surface area contributed by atoms with E-state index in [1.165, 1.54) is 7.11 Å². The van der Waals surface area contributed by atoms with Crippen molar-refractivity contribution >= 4 is 5.97 Å². The number of hydrogen-bond acceptors (Lipinski definition) is 4. The molecule has 0 bridgehead atoms. The highest BCUT2D eigenvalue weighted by Crippen LogP contribution is 2.16. The van der Waals surface area contributed by atoms with E-state index < -0.39 is 0 Å². The van der Waals surface area contributed by atoms with Crippen LogP contribution in [-0.4, -0.2) is 31.7 Å². The molecule has 4 heteroatoms. The van der Waals surface area contributed by atoms with E-state index in [4.69, 9.17) is 5.73 Å². The summed E-state index contributed by atoms with van der Waals surface area (Å²) in [6, 6.07) is 0.801. The van der Waals surface area contributed by atoms with Gasteiger partial charge in [0, 0.05) is 12.1 Å². The molecule has 0 saturated heterocycles. The summed E-state index contributed by atoms with van der Waals surface area (Å²) in [4.78, 5) is 10.8. The first-order chi connectivity index (χ1) is 6.22. The molecule has 3 N–H and O–H groups in total. The van der Waals surface area contributed by atoms with Crippen LogP contribution in [0.5, 0.6) is 0 Å². The number of esters is 1. The fourth-order valence-electron chi connectivity index (χ4n) is 1.62. The highest BCUT2D eigenvalue weighted by molar-refractivity contribution is 5.71. The van der Waals surface area contributed by atoms with E-state index in [1.54, 1.807) is 0 Å². The lowest BCUT2D eigenvalue weighted by Crippen LogP contribution is -2.39. The summed E-state index contributed by atoms with van der Waals surface area (Å²) in [5.41, 5.74) is 5.76. The quantitative estimate of drug-likeness (QED) is 0.610. The average molecular weight is 186 g/mol. The first-order valence-corrected chi connectivity index (χ1v) is 4.78. The lowest BCUT2D eigenvalue weighted by molar-refractivity contribution is -0.139. The van der Waals surface area contributed by atoms with Gasteiger partial charge >= 0.3 is 5.97 Å². The van der Waals surface area contributed by atoms with Gasteiger partial charge in [-0.05, 0) is 25.7 Å². The van der Waals surface area contributed by atoms with Crippen molar-refractivity contribution in [2.75, 3.05) is 13.7 Å². The SMILES string of the molecule is COC(=O)CN[C@H]1CC[C@H](N)CC1. The zero-order valence-corrected chi connectivity index (χ0v) is 8.08. The smallest absolute Gasteiger partial charge is 0.319 e. The van der Waals surface area contributed by atoms with Crippen molar-refractivity contribution in [3.8, 4) is 0 Å². The van der Waals surface area contributed by atoms with Crippen LogP contribution in [0.15, 0.2) is 0 Å². The van der Waals surface area contributed by atoms with Crippen molar-refractivity contribution in [3.63, 3.8) is 0 Å². The maximum Gasteiger partial charge on any atom is 0.319 e. The van der Waals surface area contributed by atoms with Gasteiger partial charge in [0.1, 0.15) is 0 Å². The second-order valence-electron chi connectivity index (χ2n) is 3.57. The average Bonchev–Trinajstić information content (AvgIpc) is 2.16. The molecule has 0 aromatic carbocycles. The Balaban J connectivity index is 2.12. The van der Waals surface area contributed by atoms with Gasteiger partial charge in [-0.25, -0.2) is 0 Å². The van der Waals surface area contributed by atoms with E-state index in [2.05, 4.69) is 10.1 Å². The molecule has 0 unspecified atom stereocenters. The summed E-state index contributed by atoms with van der Waals surface area (Å²) in [5, 5.41) is 3.16. The molecule has 0 atom stereocenters. The van der Waals surface area contributed by atoms with Gasteiger partial charge in [0.05, 0.1) is 13.7 Å². The van der Waals surface area contributed by atoms with Crippen LogP contribution >= 0.6 is 0 Å². The number of carbonyl (C=O) groups is 1. The zero-order valence-electron chi connectivity index (χ0n) is 8.08. The number of nitrogens with one attached hydrogen (secondary N) is 1. The second-order valence-corrected chi connectivity index (χ2v) is 3.57. The van der Waals surface area contributed by atoms with E-state index in [0.29, 0.717) is 18.6 Å². The molecule has 0 amide bonds. The summed E-state index contributed by atoms with van der Waals surface area (Å²) >= 11 is 0. The minimum absolute atomic E-state index is 0.199. The van der Waals surface area contributed by atoms with E-state index >= 15 is 0 Å². The van der Waals surface area contributed by atoms with E-state index in [9.17, 15) is 4.79 Å². The molecule has 0 aromatic rings. The van der Waals surface area contributed by atoms with Crippen LogP contribution in [-0.2, 0) is 9.53 Å². The van der Waals surface area contributed by atoms with Crippen LogP contribution in [0.3, 0.4) is 0 Å². The van der Waals surface area contributed by atoms with Gasteiger partial charge in [0.25, 0.3) is 0 Å².